The van der Waals surface area contributed by atoms with Crippen molar-refractivity contribution in [2.24, 2.45) is 11.7 Å². The first-order valence-corrected chi connectivity index (χ1v) is 7.79. The van der Waals surface area contributed by atoms with Crippen LogP contribution in [0.3, 0.4) is 0 Å². The maximum absolute atomic E-state index is 11.9. The van der Waals surface area contributed by atoms with Crippen LogP contribution in [0.15, 0.2) is 5.38 Å². The van der Waals surface area contributed by atoms with Crippen LogP contribution in [-0.4, -0.2) is 55.2 Å². The van der Waals surface area contributed by atoms with Gasteiger partial charge in [-0.15, -0.1) is 11.3 Å². The molecule has 0 aliphatic carbocycles. The van der Waals surface area contributed by atoms with E-state index in [1.165, 1.54) is 11.3 Å². The van der Waals surface area contributed by atoms with Crippen molar-refractivity contribution in [1.29, 1.82) is 0 Å². The third-order valence-corrected chi connectivity index (χ3v) is 4.11. The number of nitrogens with zero attached hydrogens (tertiary/aromatic N) is 2. The number of rotatable bonds is 6. The third-order valence-electron chi connectivity index (χ3n) is 3.24. The van der Waals surface area contributed by atoms with Gasteiger partial charge in [-0.05, 0) is 5.92 Å². The van der Waals surface area contributed by atoms with E-state index in [4.69, 9.17) is 10.5 Å². The second kappa shape index (κ2) is 7.68. The molecular formula is C13H22N4O2S. The Hall–Kier alpha value is -1.02. The van der Waals surface area contributed by atoms with Crippen LogP contribution in [0.5, 0.6) is 0 Å². The van der Waals surface area contributed by atoms with Gasteiger partial charge in [0.2, 0.25) is 0 Å². The fraction of sp³-hybridized carbons (Fsp3) is 0.692. The monoisotopic (exact) mass is 298 g/mol. The average molecular weight is 298 g/mol. The number of nitrogens with one attached hydrogen (secondary N) is 1. The molecule has 1 saturated heterocycles. The molecule has 1 aromatic rings. The number of hydrogen-bond donors (Lipinski definition) is 2. The van der Waals surface area contributed by atoms with E-state index in [2.05, 4.69) is 22.1 Å². The molecule has 0 saturated carbocycles. The van der Waals surface area contributed by atoms with Crippen molar-refractivity contribution < 1.29 is 9.53 Å². The molecule has 1 aromatic heterocycles. The minimum Gasteiger partial charge on any atom is -0.379 e. The summed E-state index contributed by atoms with van der Waals surface area (Å²) in [5, 5.41) is 5.47. The molecule has 0 aromatic carbocycles. The summed E-state index contributed by atoms with van der Waals surface area (Å²) in [4.78, 5) is 18.5. The standard InChI is InChI=1S/C13H22N4O2S/c1-10(8-17-2-4-19-5-3-17)7-15-13(18)11-9-20-12(6-14)16-11/h9-10H,2-8,14H2,1H3,(H,15,18). The van der Waals surface area contributed by atoms with Crippen LogP contribution in [0.25, 0.3) is 0 Å². The number of aromatic nitrogens is 1. The Balaban J connectivity index is 1.71. The maximum Gasteiger partial charge on any atom is 0.270 e. The van der Waals surface area contributed by atoms with Gasteiger partial charge < -0.3 is 15.8 Å². The normalized spacial score (nSPS) is 17.9. The molecule has 0 bridgehead atoms. The highest BCUT2D eigenvalue weighted by molar-refractivity contribution is 7.09. The first-order chi connectivity index (χ1) is 9.69. The Morgan fingerprint density at radius 2 is 2.35 bits per heavy atom. The van der Waals surface area contributed by atoms with Gasteiger partial charge in [0.05, 0.1) is 13.2 Å². The SMILES string of the molecule is CC(CNC(=O)c1csc(CN)n1)CN1CCOCC1. The lowest BCUT2D eigenvalue weighted by atomic mass is 10.1. The Morgan fingerprint density at radius 3 is 3.00 bits per heavy atom. The molecular weight excluding hydrogens is 276 g/mol. The van der Waals surface area contributed by atoms with E-state index in [0.29, 0.717) is 24.7 Å². The summed E-state index contributed by atoms with van der Waals surface area (Å²) in [6.45, 7) is 7.72. The van der Waals surface area contributed by atoms with Crippen molar-refractivity contribution in [2.75, 3.05) is 39.4 Å². The largest absolute Gasteiger partial charge is 0.379 e. The van der Waals surface area contributed by atoms with Crippen molar-refractivity contribution in [3.05, 3.63) is 16.1 Å². The lowest BCUT2D eigenvalue weighted by molar-refractivity contribution is 0.0317. The highest BCUT2D eigenvalue weighted by Crippen LogP contribution is 2.09. The zero-order valence-corrected chi connectivity index (χ0v) is 12.6. The first-order valence-electron chi connectivity index (χ1n) is 6.92. The quantitative estimate of drug-likeness (QED) is 0.789. The molecule has 1 fully saturated rings. The van der Waals surface area contributed by atoms with Gasteiger partial charge >= 0.3 is 0 Å². The van der Waals surface area contributed by atoms with Gasteiger partial charge in [-0.1, -0.05) is 6.92 Å². The molecule has 2 heterocycles. The Morgan fingerprint density at radius 1 is 1.60 bits per heavy atom. The van der Waals surface area contributed by atoms with Crippen LogP contribution in [0.4, 0.5) is 0 Å². The summed E-state index contributed by atoms with van der Waals surface area (Å²) in [7, 11) is 0. The highest BCUT2D eigenvalue weighted by Gasteiger charge is 2.15. The van der Waals surface area contributed by atoms with Crippen molar-refractivity contribution in [3.8, 4) is 0 Å². The molecule has 0 radical (unpaired) electrons. The number of hydrogen-bond acceptors (Lipinski definition) is 6. The van der Waals surface area contributed by atoms with Gasteiger partial charge in [0, 0.05) is 38.1 Å². The number of carbonyl (C=O) groups excluding carboxylic acids is 1. The molecule has 2 rings (SSSR count). The zero-order valence-electron chi connectivity index (χ0n) is 11.8. The summed E-state index contributed by atoms with van der Waals surface area (Å²) >= 11 is 1.42. The van der Waals surface area contributed by atoms with Crippen molar-refractivity contribution in [1.82, 2.24) is 15.2 Å². The van der Waals surface area contributed by atoms with Crippen LogP contribution in [0.1, 0.15) is 22.4 Å². The molecule has 1 atom stereocenters. The van der Waals surface area contributed by atoms with Gasteiger partial charge in [0.25, 0.3) is 5.91 Å². The zero-order chi connectivity index (χ0) is 14.4. The predicted octanol–water partition coefficient (Wildman–Crippen LogP) is 0.300. The van der Waals surface area contributed by atoms with Crippen LogP contribution in [0, 0.1) is 5.92 Å². The summed E-state index contributed by atoms with van der Waals surface area (Å²) in [6, 6.07) is 0. The molecule has 1 aliphatic heterocycles. The molecule has 20 heavy (non-hydrogen) atoms. The second-order valence-electron chi connectivity index (χ2n) is 5.06. The van der Waals surface area contributed by atoms with E-state index >= 15 is 0 Å². The maximum atomic E-state index is 11.9. The molecule has 0 spiro atoms. The van der Waals surface area contributed by atoms with E-state index in [0.717, 1.165) is 37.9 Å². The van der Waals surface area contributed by atoms with E-state index < -0.39 is 0 Å². The van der Waals surface area contributed by atoms with Crippen molar-refractivity contribution in [2.45, 2.75) is 13.5 Å². The molecule has 3 N–H and O–H groups in total. The number of ether oxygens (including phenoxy) is 1. The number of carbonyl (C=O) groups is 1. The van der Waals surface area contributed by atoms with Crippen LogP contribution >= 0.6 is 11.3 Å². The van der Waals surface area contributed by atoms with Gasteiger partial charge in [-0.3, -0.25) is 9.69 Å². The van der Waals surface area contributed by atoms with Crippen molar-refractivity contribution in [3.63, 3.8) is 0 Å². The Labute approximate surface area is 123 Å². The summed E-state index contributed by atoms with van der Waals surface area (Å²) < 4.78 is 5.32. The van der Waals surface area contributed by atoms with Crippen molar-refractivity contribution >= 4 is 17.2 Å². The summed E-state index contributed by atoms with van der Waals surface area (Å²) in [5.41, 5.74) is 5.96. The fourth-order valence-corrected chi connectivity index (χ4v) is 2.81. The van der Waals surface area contributed by atoms with Gasteiger partial charge in [0.1, 0.15) is 10.7 Å². The molecule has 1 aliphatic rings. The van der Waals surface area contributed by atoms with Crippen LogP contribution < -0.4 is 11.1 Å². The molecule has 1 amide bonds. The molecule has 1 unspecified atom stereocenters. The summed E-state index contributed by atoms with van der Waals surface area (Å²) in [5.74, 6) is 0.291. The molecule has 7 heteroatoms. The lowest BCUT2D eigenvalue weighted by Crippen LogP contribution is -2.41. The van der Waals surface area contributed by atoms with E-state index in [1.807, 2.05) is 0 Å². The van der Waals surface area contributed by atoms with Gasteiger partial charge in [0.15, 0.2) is 0 Å². The van der Waals surface area contributed by atoms with Gasteiger partial charge in [-0.25, -0.2) is 4.98 Å². The number of morpholine rings is 1. The first kappa shape index (κ1) is 15.4. The third kappa shape index (κ3) is 4.52. The van der Waals surface area contributed by atoms with Crippen LogP contribution in [-0.2, 0) is 11.3 Å². The number of nitrogens with two attached hydrogens (primary N) is 1. The topological polar surface area (TPSA) is 80.5 Å². The van der Waals surface area contributed by atoms with Crippen LogP contribution in [0.2, 0.25) is 0 Å². The Kier molecular flexibility index (Phi) is 5.90. The van der Waals surface area contributed by atoms with Gasteiger partial charge in [-0.2, -0.15) is 0 Å². The lowest BCUT2D eigenvalue weighted by Gasteiger charge is -2.29. The van der Waals surface area contributed by atoms with E-state index in [9.17, 15) is 4.79 Å². The number of amides is 1. The molecule has 6 nitrogen and oxygen atoms in total. The summed E-state index contributed by atoms with van der Waals surface area (Å²) in [6.07, 6.45) is 0. The minimum atomic E-state index is -0.116. The van der Waals surface area contributed by atoms with E-state index in [1.54, 1.807) is 5.38 Å². The van der Waals surface area contributed by atoms with E-state index in [-0.39, 0.29) is 5.91 Å². The number of thiazole rings is 1. The Bertz CT molecular complexity index is 432. The highest BCUT2D eigenvalue weighted by atomic mass is 32.1. The smallest absolute Gasteiger partial charge is 0.270 e. The average Bonchev–Trinajstić information content (AvgIpc) is 2.95. The second-order valence-corrected chi connectivity index (χ2v) is 6.00. The minimum absolute atomic E-state index is 0.116. The molecule has 112 valence electrons. The predicted molar refractivity (Wildman–Crippen MR) is 78.8 cm³/mol. The fourth-order valence-electron chi connectivity index (χ4n) is 2.16.